The molecule has 0 fully saturated rings. The Morgan fingerprint density at radius 3 is 2.70 bits per heavy atom. The number of aliphatic imine (C=N–C) groups is 1. The Balaban J connectivity index is 0.00000264. The van der Waals surface area contributed by atoms with Crippen LogP contribution in [0.15, 0.2) is 28.6 Å². The topological polar surface area (TPSA) is 106 Å². The smallest absolute Gasteiger partial charge is 0.226 e. The predicted octanol–water partition coefficient (Wildman–Crippen LogP) is 1.61. The highest BCUT2D eigenvalue weighted by atomic mass is 35.5. The second-order valence-corrected chi connectivity index (χ2v) is 5.20. The number of carbonyl (C=O) groups is 1. The van der Waals surface area contributed by atoms with Crippen LogP contribution in [0.1, 0.15) is 11.3 Å². The summed E-state index contributed by atoms with van der Waals surface area (Å²) in [4.78, 5) is 19.6. The van der Waals surface area contributed by atoms with E-state index in [1.165, 1.54) is 17.4 Å². The molecule has 6 nitrogen and oxygen atoms in total. The number of nitrogens with two attached hydrogens (primary N) is 2. The molecule has 10 heteroatoms. The summed E-state index contributed by atoms with van der Waals surface area (Å²) in [5, 5.41) is 4.63. The molecule has 0 atom stereocenters. The highest BCUT2D eigenvalue weighted by molar-refractivity contribution is 7.13. The van der Waals surface area contributed by atoms with Gasteiger partial charge in [-0.15, -0.1) is 23.7 Å². The lowest BCUT2D eigenvalue weighted by atomic mass is 10.2. The average molecular weight is 362 g/mol. The molecule has 1 aromatic heterocycles. The Morgan fingerprint density at radius 1 is 1.30 bits per heavy atom. The van der Waals surface area contributed by atoms with Crippen LogP contribution < -0.4 is 16.8 Å². The molecule has 0 spiro atoms. The highest BCUT2D eigenvalue weighted by Crippen LogP contribution is 2.18. The van der Waals surface area contributed by atoms with Gasteiger partial charge in [0.25, 0.3) is 0 Å². The molecule has 2 rings (SSSR count). The highest BCUT2D eigenvalue weighted by Gasteiger charge is 2.08. The van der Waals surface area contributed by atoms with Crippen molar-refractivity contribution < 1.29 is 13.6 Å². The van der Waals surface area contributed by atoms with Gasteiger partial charge in [0, 0.05) is 11.9 Å². The molecule has 124 valence electrons. The molecule has 1 heterocycles. The van der Waals surface area contributed by atoms with Crippen LogP contribution in [0.25, 0.3) is 0 Å². The van der Waals surface area contributed by atoms with E-state index < -0.39 is 11.6 Å². The molecule has 5 N–H and O–H groups in total. The zero-order valence-electron chi connectivity index (χ0n) is 11.8. The van der Waals surface area contributed by atoms with Crippen LogP contribution in [0.4, 0.5) is 13.9 Å². The second kappa shape index (κ2) is 8.39. The molecule has 1 aromatic carbocycles. The van der Waals surface area contributed by atoms with Crippen molar-refractivity contribution in [3.05, 3.63) is 46.5 Å². The number of thiazole rings is 1. The Morgan fingerprint density at radius 2 is 2.04 bits per heavy atom. The number of nitrogens with one attached hydrogen (secondary N) is 1. The van der Waals surface area contributed by atoms with E-state index in [1.54, 1.807) is 5.38 Å². The van der Waals surface area contributed by atoms with Crippen LogP contribution in [0.2, 0.25) is 0 Å². The summed E-state index contributed by atoms with van der Waals surface area (Å²) in [5.41, 5.74) is 11.4. The van der Waals surface area contributed by atoms with Gasteiger partial charge in [-0.1, -0.05) is 6.07 Å². The van der Waals surface area contributed by atoms with Crippen LogP contribution in [0, 0.1) is 11.6 Å². The van der Waals surface area contributed by atoms with Crippen LogP contribution in [0.5, 0.6) is 0 Å². The molecule has 2 aromatic rings. The summed E-state index contributed by atoms with van der Waals surface area (Å²) in [6.45, 7) is 0.0981. The van der Waals surface area contributed by atoms with Gasteiger partial charge in [-0.25, -0.2) is 13.8 Å². The molecule has 0 aliphatic rings. The van der Waals surface area contributed by atoms with Gasteiger partial charge in [0.05, 0.1) is 12.1 Å². The Hall–Kier alpha value is -2.26. The number of amides is 1. The Bertz CT molecular complexity index is 718. The van der Waals surface area contributed by atoms with Crippen LogP contribution in [-0.4, -0.2) is 16.9 Å². The van der Waals surface area contributed by atoms with Crippen LogP contribution in [0.3, 0.4) is 0 Å². The van der Waals surface area contributed by atoms with E-state index in [1.807, 2.05) is 0 Å². The van der Waals surface area contributed by atoms with Gasteiger partial charge in [-0.2, -0.15) is 4.99 Å². The van der Waals surface area contributed by atoms with Gasteiger partial charge in [0.1, 0.15) is 0 Å². The molecule has 0 saturated heterocycles. The molecule has 0 saturated carbocycles. The minimum atomic E-state index is -0.951. The van der Waals surface area contributed by atoms with E-state index >= 15 is 0 Å². The molecule has 0 aliphatic heterocycles. The van der Waals surface area contributed by atoms with Crippen molar-refractivity contribution in [1.29, 1.82) is 0 Å². The zero-order valence-corrected chi connectivity index (χ0v) is 13.4. The van der Waals surface area contributed by atoms with Gasteiger partial charge in [0.15, 0.2) is 17.6 Å². The number of rotatable bonds is 5. The van der Waals surface area contributed by atoms with E-state index in [0.717, 1.165) is 12.1 Å². The van der Waals surface area contributed by atoms with Gasteiger partial charge < -0.3 is 16.8 Å². The van der Waals surface area contributed by atoms with Crippen molar-refractivity contribution in [2.75, 3.05) is 0 Å². The number of benzene rings is 1. The quantitative estimate of drug-likeness (QED) is 0.555. The lowest BCUT2D eigenvalue weighted by Crippen LogP contribution is -2.24. The fourth-order valence-corrected chi connectivity index (χ4v) is 2.32. The fraction of sp³-hybridized carbons (Fsp3) is 0.154. The fourth-order valence-electron chi connectivity index (χ4n) is 1.62. The standard InChI is InChI=1S/C13H13F2N5OS.ClH/c14-9-2-1-7(3-10(9)15)5-18-11(21)4-8-6-22-13(19-8)20-12(16)17;/h1-3,6H,4-5H2,(H,18,21)(H4,16,17,19,20);1H. The SMILES string of the molecule is Cl.NC(N)=Nc1nc(CC(=O)NCc2ccc(F)c(F)c2)cs1. The minimum absolute atomic E-state index is 0. The minimum Gasteiger partial charge on any atom is -0.370 e. The number of hydrogen-bond donors (Lipinski definition) is 3. The van der Waals surface area contributed by atoms with Gasteiger partial charge in [-0.3, -0.25) is 4.79 Å². The zero-order chi connectivity index (χ0) is 16.1. The van der Waals surface area contributed by atoms with Gasteiger partial charge in [-0.05, 0) is 17.7 Å². The molecular weight excluding hydrogens is 348 g/mol. The molecule has 0 aliphatic carbocycles. The van der Waals surface area contributed by atoms with E-state index in [2.05, 4.69) is 15.3 Å². The Labute approximate surface area is 141 Å². The third-order valence-electron chi connectivity index (χ3n) is 2.58. The monoisotopic (exact) mass is 361 g/mol. The van der Waals surface area contributed by atoms with Crippen molar-refractivity contribution in [3.8, 4) is 0 Å². The Kier molecular flexibility index (Phi) is 6.86. The van der Waals surface area contributed by atoms with Gasteiger partial charge in [0.2, 0.25) is 11.0 Å². The third kappa shape index (κ3) is 5.80. The summed E-state index contributed by atoms with van der Waals surface area (Å²) in [6.07, 6.45) is 0.0418. The van der Waals surface area contributed by atoms with Crippen molar-refractivity contribution in [2.45, 2.75) is 13.0 Å². The van der Waals surface area contributed by atoms with Crippen molar-refractivity contribution in [3.63, 3.8) is 0 Å². The number of hydrogen-bond acceptors (Lipinski definition) is 4. The summed E-state index contributed by atoms with van der Waals surface area (Å²) in [7, 11) is 0. The van der Waals surface area contributed by atoms with Gasteiger partial charge >= 0.3 is 0 Å². The number of guanidine groups is 1. The molecule has 23 heavy (non-hydrogen) atoms. The summed E-state index contributed by atoms with van der Waals surface area (Å²) >= 11 is 1.21. The first kappa shape index (κ1) is 18.8. The first-order valence-electron chi connectivity index (χ1n) is 6.18. The first-order valence-corrected chi connectivity index (χ1v) is 7.06. The van der Waals surface area contributed by atoms with Crippen molar-refractivity contribution >= 4 is 40.7 Å². The molecule has 0 radical (unpaired) electrons. The molecule has 0 unspecified atom stereocenters. The number of aromatic nitrogens is 1. The summed E-state index contributed by atoms with van der Waals surface area (Å²) in [6, 6.07) is 3.45. The average Bonchev–Trinajstić information content (AvgIpc) is 2.86. The van der Waals surface area contributed by atoms with E-state index in [-0.39, 0.29) is 37.2 Å². The summed E-state index contributed by atoms with van der Waals surface area (Å²) in [5.74, 6) is -2.28. The lowest BCUT2D eigenvalue weighted by Gasteiger charge is -2.04. The number of nitrogens with zero attached hydrogens (tertiary/aromatic N) is 2. The van der Waals surface area contributed by atoms with Crippen LogP contribution in [-0.2, 0) is 17.8 Å². The van der Waals surface area contributed by atoms with E-state index in [4.69, 9.17) is 11.5 Å². The lowest BCUT2D eigenvalue weighted by molar-refractivity contribution is -0.120. The van der Waals surface area contributed by atoms with E-state index in [9.17, 15) is 13.6 Å². The van der Waals surface area contributed by atoms with Crippen molar-refractivity contribution in [2.24, 2.45) is 16.5 Å². The molecule has 1 amide bonds. The second-order valence-electron chi connectivity index (χ2n) is 4.36. The maximum absolute atomic E-state index is 13.0. The maximum Gasteiger partial charge on any atom is 0.226 e. The van der Waals surface area contributed by atoms with E-state index in [0.29, 0.717) is 16.4 Å². The third-order valence-corrected chi connectivity index (χ3v) is 3.36. The van der Waals surface area contributed by atoms with Crippen LogP contribution >= 0.6 is 23.7 Å². The normalized spacial score (nSPS) is 9.83. The number of halogens is 3. The molecule has 0 bridgehead atoms. The largest absolute Gasteiger partial charge is 0.370 e. The summed E-state index contributed by atoms with van der Waals surface area (Å²) < 4.78 is 25.8. The predicted molar refractivity (Wildman–Crippen MR) is 86.7 cm³/mol. The molecular formula is C13H14ClF2N5OS. The van der Waals surface area contributed by atoms with Crippen molar-refractivity contribution in [1.82, 2.24) is 10.3 Å². The first-order chi connectivity index (χ1) is 10.4. The number of carbonyl (C=O) groups excluding carboxylic acids is 1. The maximum atomic E-state index is 13.0.